The Hall–Kier alpha value is -1.56. The number of guanidine groups is 2. The van der Waals surface area contributed by atoms with Crippen molar-refractivity contribution in [1.29, 1.82) is 10.8 Å². The van der Waals surface area contributed by atoms with Crippen molar-refractivity contribution >= 4 is 11.9 Å². The Morgan fingerprint density at radius 3 is 2.54 bits per heavy atom. The van der Waals surface area contributed by atoms with E-state index < -0.39 is 0 Å². The van der Waals surface area contributed by atoms with Gasteiger partial charge in [-0.3, -0.25) is 16.1 Å². The van der Waals surface area contributed by atoms with E-state index in [1.54, 1.807) is 0 Å². The summed E-state index contributed by atoms with van der Waals surface area (Å²) in [5, 5.41) is 30.0. The number of nitrogens with zero attached hydrogens (tertiary/aromatic N) is 1. The van der Waals surface area contributed by atoms with E-state index in [0.29, 0.717) is 30.2 Å². The number of nitrogens with two attached hydrogens (primary N) is 1. The van der Waals surface area contributed by atoms with Gasteiger partial charge in [0.2, 0.25) is 0 Å². The van der Waals surface area contributed by atoms with E-state index in [2.05, 4.69) is 57.8 Å². The molecule has 4 aliphatic carbocycles. The molecule has 6 N–H and O–H groups in total. The molecule has 0 spiro atoms. The van der Waals surface area contributed by atoms with Crippen LogP contribution in [0.2, 0.25) is 0 Å². The topological polar surface area (TPSA) is 109 Å². The van der Waals surface area contributed by atoms with Gasteiger partial charge in [0.25, 0.3) is 0 Å². The van der Waals surface area contributed by atoms with Crippen molar-refractivity contribution in [3.63, 3.8) is 0 Å². The number of hydrogen-bond acceptors (Lipinski definition) is 3. The van der Waals surface area contributed by atoms with Gasteiger partial charge in [0.15, 0.2) is 11.9 Å². The number of nitrogens with one attached hydrogen (secondary N) is 3. The molecule has 4 rings (SSSR count). The monoisotopic (exact) mass is 513 g/mol. The molecule has 0 saturated heterocycles. The van der Waals surface area contributed by atoms with Crippen LogP contribution in [-0.2, 0) is 0 Å². The molecule has 1 unspecified atom stereocenters. The molecule has 0 bridgehead atoms. The summed E-state index contributed by atoms with van der Waals surface area (Å²) in [6.45, 7) is 15.0. The Balaban J connectivity index is 1.60. The molecule has 0 amide bonds. The molecule has 9 atom stereocenters. The highest BCUT2D eigenvalue weighted by molar-refractivity contribution is 5.95. The SMILES string of the molecule is CCN(C(=N)NC(=N)N)C1C[C@H](O)CC2=CC[C@H]3[C@@H]4CC[C@H]([C@H](C)CCCC(C)C)[C@@]4(C)CC[C@@H]3[C@]21C. The van der Waals surface area contributed by atoms with Gasteiger partial charge in [-0.15, -0.1) is 0 Å². The van der Waals surface area contributed by atoms with Crippen molar-refractivity contribution < 1.29 is 5.11 Å². The van der Waals surface area contributed by atoms with Gasteiger partial charge in [-0.1, -0.05) is 65.5 Å². The normalized spacial score (nSPS) is 39.7. The third-order valence-corrected chi connectivity index (χ3v) is 11.6. The van der Waals surface area contributed by atoms with Crippen LogP contribution >= 0.6 is 0 Å². The smallest absolute Gasteiger partial charge is 0.198 e. The molecule has 0 radical (unpaired) electrons. The predicted octanol–water partition coefficient (Wildman–Crippen LogP) is 6.11. The van der Waals surface area contributed by atoms with E-state index >= 15 is 0 Å². The molecule has 37 heavy (non-hydrogen) atoms. The quantitative estimate of drug-likeness (QED) is 0.161. The lowest BCUT2D eigenvalue weighted by molar-refractivity contribution is -0.0815. The maximum absolute atomic E-state index is 10.9. The van der Waals surface area contributed by atoms with E-state index in [0.717, 1.165) is 36.5 Å². The molecule has 6 nitrogen and oxygen atoms in total. The summed E-state index contributed by atoms with van der Waals surface area (Å²) in [5.41, 5.74) is 7.40. The van der Waals surface area contributed by atoms with Gasteiger partial charge in [-0.2, -0.15) is 0 Å². The van der Waals surface area contributed by atoms with E-state index in [4.69, 9.17) is 16.6 Å². The lowest BCUT2D eigenvalue weighted by Crippen LogP contribution is -2.63. The Morgan fingerprint density at radius 2 is 1.89 bits per heavy atom. The summed E-state index contributed by atoms with van der Waals surface area (Å²) in [7, 11) is 0. The van der Waals surface area contributed by atoms with Gasteiger partial charge in [-0.25, -0.2) is 0 Å². The molecule has 0 aromatic carbocycles. The molecular weight excluding hydrogens is 458 g/mol. The third kappa shape index (κ3) is 5.08. The number of fused-ring (bicyclic) bond motifs is 5. The Morgan fingerprint density at radius 1 is 1.16 bits per heavy atom. The van der Waals surface area contributed by atoms with E-state index in [9.17, 15) is 5.11 Å². The first-order valence-corrected chi connectivity index (χ1v) is 15.3. The van der Waals surface area contributed by atoms with E-state index in [1.807, 2.05) is 0 Å². The van der Waals surface area contributed by atoms with Crippen molar-refractivity contribution in [1.82, 2.24) is 10.2 Å². The maximum atomic E-state index is 10.9. The predicted molar refractivity (Wildman–Crippen MR) is 153 cm³/mol. The fraction of sp³-hybridized carbons (Fsp3) is 0.871. The number of aliphatic hydroxyl groups excluding tert-OH is 1. The molecule has 3 saturated carbocycles. The minimum Gasteiger partial charge on any atom is -0.393 e. The first-order chi connectivity index (χ1) is 17.4. The molecule has 0 aromatic heterocycles. The second kappa shape index (κ2) is 10.9. The molecular formula is C31H55N5O. The summed E-state index contributed by atoms with van der Waals surface area (Å²) in [5.74, 6) is 4.48. The second-order valence-corrected chi connectivity index (χ2v) is 13.9. The summed E-state index contributed by atoms with van der Waals surface area (Å²) >= 11 is 0. The van der Waals surface area contributed by atoms with Crippen LogP contribution in [0.1, 0.15) is 106 Å². The summed E-state index contributed by atoms with van der Waals surface area (Å²) in [6, 6.07) is 0.0381. The highest BCUT2D eigenvalue weighted by Gasteiger charge is 2.61. The second-order valence-electron chi connectivity index (χ2n) is 13.9. The largest absolute Gasteiger partial charge is 0.393 e. The van der Waals surface area contributed by atoms with Crippen molar-refractivity contribution in [3.8, 4) is 0 Å². The van der Waals surface area contributed by atoms with Crippen LogP contribution in [0.15, 0.2) is 11.6 Å². The van der Waals surface area contributed by atoms with Crippen molar-refractivity contribution in [2.75, 3.05) is 6.54 Å². The zero-order valence-corrected chi connectivity index (χ0v) is 24.4. The fourth-order valence-electron chi connectivity index (χ4n) is 9.91. The summed E-state index contributed by atoms with van der Waals surface area (Å²) < 4.78 is 0. The number of aliphatic hydroxyl groups is 1. The molecule has 0 aromatic rings. The Labute approximate surface area is 226 Å². The summed E-state index contributed by atoms with van der Waals surface area (Å²) in [4.78, 5) is 2.07. The highest BCUT2D eigenvalue weighted by Crippen LogP contribution is 2.67. The maximum Gasteiger partial charge on any atom is 0.198 e. The first kappa shape index (κ1) is 28.4. The molecule has 6 heteroatoms. The van der Waals surface area contributed by atoms with Crippen molar-refractivity contribution in [2.24, 2.45) is 52.1 Å². The number of rotatable bonds is 7. The molecule has 0 aliphatic heterocycles. The Kier molecular flexibility index (Phi) is 8.38. The van der Waals surface area contributed by atoms with Crippen molar-refractivity contribution in [2.45, 2.75) is 118 Å². The molecule has 210 valence electrons. The average molecular weight is 514 g/mol. The van der Waals surface area contributed by atoms with Crippen LogP contribution in [-0.4, -0.2) is 40.6 Å². The lowest BCUT2D eigenvalue weighted by Gasteiger charge is -2.62. The van der Waals surface area contributed by atoms with Gasteiger partial charge in [0.1, 0.15) is 0 Å². The van der Waals surface area contributed by atoms with Gasteiger partial charge < -0.3 is 15.7 Å². The van der Waals surface area contributed by atoms with Gasteiger partial charge in [-0.05, 0) is 92.8 Å². The average Bonchev–Trinajstić information content (AvgIpc) is 3.17. The fourth-order valence-corrected chi connectivity index (χ4v) is 9.91. The number of hydrogen-bond donors (Lipinski definition) is 5. The van der Waals surface area contributed by atoms with Gasteiger partial charge in [0.05, 0.1) is 6.10 Å². The van der Waals surface area contributed by atoms with Crippen LogP contribution in [0.4, 0.5) is 0 Å². The third-order valence-electron chi connectivity index (χ3n) is 11.6. The Bertz CT molecular complexity index is 885. The zero-order chi connectivity index (χ0) is 27.1. The first-order valence-electron chi connectivity index (χ1n) is 15.3. The highest BCUT2D eigenvalue weighted by atomic mass is 16.3. The zero-order valence-electron chi connectivity index (χ0n) is 24.4. The molecule has 4 aliphatic rings. The van der Waals surface area contributed by atoms with Crippen LogP contribution in [0, 0.1) is 57.2 Å². The van der Waals surface area contributed by atoms with Crippen LogP contribution < -0.4 is 11.1 Å². The minimum atomic E-state index is -0.378. The molecule has 0 heterocycles. The molecule has 3 fully saturated rings. The standard InChI is InChI=1S/C31H55N5O/c1-7-36(29(34)35-28(32)33)27-18-22(37)17-21-11-12-23-25-14-13-24(20(4)10-8-9-19(2)3)30(25,5)16-15-26(23)31(21,27)6/h11,19-20,22-27,37H,7-10,12-18H2,1-6H3,(H5,32,33,34,35)/t20-,22-,23+,24-,25+,26+,27?,30-,31+/m1/s1. The number of allylic oxidation sites excluding steroid dienone is 1. The van der Waals surface area contributed by atoms with Gasteiger partial charge >= 0.3 is 0 Å². The van der Waals surface area contributed by atoms with Crippen LogP contribution in [0.3, 0.4) is 0 Å². The van der Waals surface area contributed by atoms with Gasteiger partial charge in [0, 0.05) is 18.0 Å². The van der Waals surface area contributed by atoms with Crippen LogP contribution in [0.25, 0.3) is 0 Å². The minimum absolute atomic E-state index is 0.0381. The van der Waals surface area contributed by atoms with Crippen molar-refractivity contribution in [3.05, 3.63) is 11.6 Å². The van der Waals surface area contributed by atoms with E-state index in [1.165, 1.54) is 50.5 Å². The van der Waals surface area contributed by atoms with Crippen LogP contribution in [0.5, 0.6) is 0 Å². The summed E-state index contributed by atoms with van der Waals surface area (Å²) in [6.07, 6.45) is 14.1. The lowest BCUT2D eigenvalue weighted by atomic mass is 9.45. The van der Waals surface area contributed by atoms with E-state index in [-0.39, 0.29) is 29.5 Å².